The fourth-order valence-corrected chi connectivity index (χ4v) is 2.98. The maximum atomic E-state index is 11.0. The van der Waals surface area contributed by atoms with Crippen molar-refractivity contribution in [2.45, 2.75) is 12.5 Å². The van der Waals surface area contributed by atoms with E-state index in [0.717, 1.165) is 0 Å². The molecule has 1 aromatic carbocycles. The Morgan fingerprint density at radius 1 is 1.47 bits per heavy atom. The van der Waals surface area contributed by atoms with E-state index in [0.29, 0.717) is 34.5 Å². The Bertz CT molecular complexity index is 547. The average Bonchev–Trinajstić information content (AvgIpc) is 3.01. The number of benzene rings is 1. The van der Waals surface area contributed by atoms with Crippen molar-refractivity contribution in [2.75, 3.05) is 13.3 Å². The van der Waals surface area contributed by atoms with Gasteiger partial charge in [-0.05, 0) is 28.4 Å². The molecule has 2 aliphatic heterocycles. The lowest BCUT2D eigenvalue weighted by Crippen LogP contribution is -2.17. The molecule has 2 unspecified atom stereocenters. The van der Waals surface area contributed by atoms with Gasteiger partial charge in [-0.1, -0.05) is 0 Å². The number of phenolic OH excluding ortho intramolecular Hbond substituents is 1. The highest BCUT2D eigenvalue weighted by molar-refractivity contribution is 9.10. The van der Waals surface area contributed by atoms with Crippen LogP contribution in [0.1, 0.15) is 18.0 Å². The Balaban J connectivity index is 1.94. The number of carbonyl (C=O) groups is 1. The molecule has 0 aliphatic carbocycles. The zero-order chi connectivity index (χ0) is 13.6. The Labute approximate surface area is 117 Å². The predicted molar refractivity (Wildman–Crippen MR) is 68.4 cm³/mol. The lowest BCUT2D eigenvalue weighted by molar-refractivity contribution is -0.141. The largest absolute Gasteiger partial charge is 0.506 e. The van der Waals surface area contributed by atoms with Crippen molar-refractivity contribution >= 4 is 21.9 Å². The molecule has 0 saturated carbocycles. The van der Waals surface area contributed by atoms with E-state index in [1.807, 2.05) is 0 Å². The summed E-state index contributed by atoms with van der Waals surface area (Å²) >= 11 is 3.27. The summed E-state index contributed by atoms with van der Waals surface area (Å²) in [5.74, 6) is -0.162. The summed E-state index contributed by atoms with van der Waals surface area (Å²) in [4.78, 5) is 11.0. The van der Waals surface area contributed by atoms with Crippen LogP contribution >= 0.6 is 15.9 Å². The van der Waals surface area contributed by atoms with Gasteiger partial charge < -0.3 is 25.0 Å². The van der Waals surface area contributed by atoms with E-state index in [2.05, 4.69) is 21.2 Å². The third-order valence-electron chi connectivity index (χ3n) is 3.46. The number of halogens is 1. The van der Waals surface area contributed by atoms with Crippen LogP contribution in [0.25, 0.3) is 0 Å². The van der Waals surface area contributed by atoms with E-state index in [1.165, 1.54) is 0 Å². The van der Waals surface area contributed by atoms with Gasteiger partial charge in [-0.3, -0.25) is 4.79 Å². The summed E-state index contributed by atoms with van der Waals surface area (Å²) < 4.78 is 11.0. The quantitative estimate of drug-likeness (QED) is 0.764. The van der Waals surface area contributed by atoms with Gasteiger partial charge >= 0.3 is 5.97 Å². The number of carboxylic acid groups (broad SMARTS) is 1. The van der Waals surface area contributed by atoms with Gasteiger partial charge in [0.05, 0.1) is 5.92 Å². The van der Waals surface area contributed by atoms with Crippen molar-refractivity contribution in [2.24, 2.45) is 5.92 Å². The van der Waals surface area contributed by atoms with Crippen LogP contribution in [-0.2, 0) is 4.79 Å². The highest BCUT2D eigenvalue weighted by Gasteiger charge is 2.34. The first-order chi connectivity index (χ1) is 9.08. The number of fused-ring (bicyclic) bond motifs is 1. The van der Waals surface area contributed by atoms with E-state index in [9.17, 15) is 9.90 Å². The molecule has 3 N–H and O–H groups in total. The van der Waals surface area contributed by atoms with Crippen molar-refractivity contribution in [3.8, 4) is 17.2 Å². The van der Waals surface area contributed by atoms with E-state index < -0.39 is 11.9 Å². The normalized spacial score (nSPS) is 24.7. The van der Waals surface area contributed by atoms with Crippen LogP contribution in [0.5, 0.6) is 17.2 Å². The molecule has 0 amide bonds. The summed E-state index contributed by atoms with van der Waals surface area (Å²) in [5, 5.41) is 22.3. The predicted octanol–water partition coefficient (Wildman–Crippen LogP) is 1.62. The third kappa shape index (κ3) is 2.02. The van der Waals surface area contributed by atoms with Gasteiger partial charge in [0.1, 0.15) is 10.2 Å². The van der Waals surface area contributed by atoms with Gasteiger partial charge in [-0.25, -0.2) is 0 Å². The molecule has 1 fully saturated rings. The van der Waals surface area contributed by atoms with Crippen LogP contribution in [0.15, 0.2) is 10.5 Å². The number of ether oxygens (including phenoxy) is 2. The van der Waals surface area contributed by atoms with E-state index in [4.69, 9.17) is 14.6 Å². The molecule has 2 aliphatic rings. The number of hydrogen-bond acceptors (Lipinski definition) is 5. The minimum absolute atomic E-state index is 0.0628. The number of rotatable bonds is 2. The number of phenols is 1. The van der Waals surface area contributed by atoms with Crippen molar-refractivity contribution in [1.82, 2.24) is 5.32 Å². The first-order valence-corrected chi connectivity index (χ1v) is 6.64. The molecule has 0 spiro atoms. The number of hydrogen-bond donors (Lipinski definition) is 3. The van der Waals surface area contributed by atoms with Crippen molar-refractivity contribution < 1.29 is 24.5 Å². The molecular formula is C12H12BrNO5. The van der Waals surface area contributed by atoms with Crippen LogP contribution in [-0.4, -0.2) is 29.5 Å². The first-order valence-electron chi connectivity index (χ1n) is 5.85. The Hall–Kier alpha value is -1.47. The Morgan fingerprint density at radius 2 is 2.26 bits per heavy atom. The fourth-order valence-electron chi connectivity index (χ4n) is 2.44. The highest BCUT2D eigenvalue weighted by atomic mass is 79.9. The molecule has 1 saturated heterocycles. The van der Waals surface area contributed by atoms with E-state index in [1.54, 1.807) is 6.07 Å². The van der Waals surface area contributed by atoms with Gasteiger partial charge in [-0.15, -0.1) is 0 Å². The molecule has 2 heterocycles. The zero-order valence-electron chi connectivity index (χ0n) is 9.85. The van der Waals surface area contributed by atoms with Crippen LogP contribution in [0, 0.1) is 5.92 Å². The monoisotopic (exact) mass is 329 g/mol. The molecule has 19 heavy (non-hydrogen) atoms. The van der Waals surface area contributed by atoms with E-state index in [-0.39, 0.29) is 18.6 Å². The highest BCUT2D eigenvalue weighted by Crippen LogP contribution is 2.48. The zero-order valence-corrected chi connectivity index (χ0v) is 11.4. The standard InChI is InChI=1S/C12H12BrNO5/c13-9-10(15)6(2-8-11(9)19-4-18-8)7-1-5(3-14-7)12(16)17/h2,5,7,14-15H,1,3-4H2,(H,16,17). The Kier molecular flexibility index (Phi) is 3.02. The molecule has 7 heteroatoms. The second-order valence-electron chi connectivity index (χ2n) is 4.59. The number of aromatic hydroxyl groups is 1. The second-order valence-corrected chi connectivity index (χ2v) is 5.39. The average molecular weight is 330 g/mol. The van der Waals surface area contributed by atoms with Crippen LogP contribution in [0.4, 0.5) is 0 Å². The Morgan fingerprint density at radius 3 is 2.95 bits per heavy atom. The number of aliphatic carboxylic acids is 1. The van der Waals surface area contributed by atoms with Crippen LogP contribution < -0.4 is 14.8 Å². The minimum atomic E-state index is -0.825. The summed E-state index contributed by atoms with van der Waals surface area (Å²) in [6.45, 7) is 0.512. The number of carboxylic acids is 1. The summed E-state index contributed by atoms with van der Waals surface area (Å²) in [6, 6.07) is 1.50. The molecule has 102 valence electrons. The maximum absolute atomic E-state index is 11.0. The minimum Gasteiger partial charge on any atom is -0.506 e. The SMILES string of the molecule is O=C(O)C1CNC(c2cc3c(c(Br)c2O)OCO3)C1. The molecule has 2 atom stereocenters. The lowest BCUT2D eigenvalue weighted by atomic mass is 9.99. The van der Waals surface area contributed by atoms with Gasteiger partial charge in [0.15, 0.2) is 11.5 Å². The molecule has 0 aromatic heterocycles. The van der Waals surface area contributed by atoms with Crippen molar-refractivity contribution in [3.63, 3.8) is 0 Å². The van der Waals surface area contributed by atoms with Crippen molar-refractivity contribution in [3.05, 3.63) is 16.1 Å². The molecule has 1 aromatic rings. The van der Waals surface area contributed by atoms with Gasteiger partial charge in [-0.2, -0.15) is 0 Å². The number of nitrogens with one attached hydrogen (secondary N) is 1. The molecule has 3 rings (SSSR count). The first kappa shape index (κ1) is 12.6. The van der Waals surface area contributed by atoms with E-state index >= 15 is 0 Å². The molecule has 0 bridgehead atoms. The van der Waals surface area contributed by atoms with Gasteiger partial charge in [0.25, 0.3) is 0 Å². The van der Waals surface area contributed by atoms with Gasteiger partial charge in [0.2, 0.25) is 6.79 Å². The third-order valence-corrected chi connectivity index (χ3v) is 4.20. The summed E-state index contributed by atoms with van der Waals surface area (Å²) in [6.07, 6.45) is 0.439. The van der Waals surface area contributed by atoms with Crippen molar-refractivity contribution in [1.29, 1.82) is 0 Å². The van der Waals surface area contributed by atoms with Gasteiger partial charge in [0, 0.05) is 18.2 Å². The second kappa shape index (κ2) is 4.57. The van der Waals surface area contributed by atoms with Crippen LogP contribution in [0.2, 0.25) is 0 Å². The molecule has 0 radical (unpaired) electrons. The fraction of sp³-hybridized carbons (Fsp3) is 0.417. The topological polar surface area (TPSA) is 88.0 Å². The molecular weight excluding hydrogens is 318 g/mol. The van der Waals surface area contributed by atoms with Crippen LogP contribution in [0.3, 0.4) is 0 Å². The molecule has 6 nitrogen and oxygen atoms in total. The summed E-state index contributed by atoms with van der Waals surface area (Å²) in [5.41, 5.74) is 0.625. The summed E-state index contributed by atoms with van der Waals surface area (Å²) in [7, 11) is 0. The lowest BCUT2D eigenvalue weighted by Gasteiger charge is -2.15. The smallest absolute Gasteiger partial charge is 0.307 e. The maximum Gasteiger partial charge on any atom is 0.307 e.